The van der Waals surface area contributed by atoms with E-state index in [0.717, 1.165) is 18.0 Å². The fourth-order valence-corrected chi connectivity index (χ4v) is 2.66. The van der Waals surface area contributed by atoms with Gasteiger partial charge in [0.25, 0.3) is 0 Å². The van der Waals surface area contributed by atoms with Gasteiger partial charge in [-0.1, -0.05) is 17.7 Å². The highest BCUT2D eigenvalue weighted by atomic mass is 35.5. The SMILES string of the molecule is Cc1c(CCNC(C)(C)C)c2ccc(Cl)cc2n1C. The van der Waals surface area contributed by atoms with E-state index in [1.807, 2.05) is 12.1 Å². The Labute approximate surface area is 120 Å². The van der Waals surface area contributed by atoms with Gasteiger partial charge in [-0.2, -0.15) is 0 Å². The molecule has 0 aliphatic carbocycles. The number of halogens is 1. The Hall–Kier alpha value is -0.990. The number of nitrogens with one attached hydrogen (secondary N) is 1. The molecule has 0 amide bonds. The molecule has 0 unspecified atom stereocenters. The molecule has 2 nitrogen and oxygen atoms in total. The van der Waals surface area contributed by atoms with Crippen LogP contribution in [0, 0.1) is 6.92 Å². The molecule has 3 heteroatoms. The van der Waals surface area contributed by atoms with Crippen LogP contribution in [0.2, 0.25) is 5.02 Å². The van der Waals surface area contributed by atoms with E-state index in [4.69, 9.17) is 11.6 Å². The van der Waals surface area contributed by atoms with Crippen molar-refractivity contribution >= 4 is 22.5 Å². The second kappa shape index (κ2) is 5.18. The molecule has 0 saturated heterocycles. The molecule has 1 N–H and O–H groups in total. The molecular weight excluding hydrogens is 256 g/mol. The normalized spacial score (nSPS) is 12.3. The standard InChI is InChI=1S/C16H23ClN2/c1-11-13(8-9-18-16(2,3)4)14-7-6-12(17)10-15(14)19(11)5/h6-7,10,18H,8-9H2,1-5H3. The van der Waals surface area contributed by atoms with Gasteiger partial charge in [0.1, 0.15) is 0 Å². The average Bonchev–Trinajstić information content (AvgIpc) is 2.53. The van der Waals surface area contributed by atoms with Crippen LogP contribution < -0.4 is 5.32 Å². The van der Waals surface area contributed by atoms with Crippen molar-refractivity contribution in [1.82, 2.24) is 9.88 Å². The van der Waals surface area contributed by atoms with Crippen molar-refractivity contribution in [1.29, 1.82) is 0 Å². The van der Waals surface area contributed by atoms with Gasteiger partial charge in [-0.25, -0.2) is 0 Å². The molecule has 104 valence electrons. The first kappa shape index (κ1) is 14.4. The first-order valence-electron chi connectivity index (χ1n) is 6.78. The number of aryl methyl sites for hydroxylation is 1. The van der Waals surface area contributed by atoms with Crippen LogP contribution in [0.3, 0.4) is 0 Å². The van der Waals surface area contributed by atoms with Gasteiger partial charge in [-0.05, 0) is 58.4 Å². The quantitative estimate of drug-likeness (QED) is 0.895. The van der Waals surface area contributed by atoms with Gasteiger partial charge in [-0.3, -0.25) is 0 Å². The molecular formula is C16H23ClN2. The van der Waals surface area contributed by atoms with Crippen LogP contribution in [0.1, 0.15) is 32.0 Å². The molecule has 19 heavy (non-hydrogen) atoms. The van der Waals surface area contributed by atoms with Crippen molar-refractivity contribution in [2.75, 3.05) is 6.54 Å². The summed E-state index contributed by atoms with van der Waals surface area (Å²) in [5.74, 6) is 0. The van der Waals surface area contributed by atoms with Gasteiger partial charge in [-0.15, -0.1) is 0 Å². The highest BCUT2D eigenvalue weighted by Crippen LogP contribution is 2.27. The molecule has 0 aliphatic heterocycles. The number of benzene rings is 1. The largest absolute Gasteiger partial charge is 0.348 e. The maximum Gasteiger partial charge on any atom is 0.0497 e. The van der Waals surface area contributed by atoms with Crippen molar-refractivity contribution < 1.29 is 0 Å². The van der Waals surface area contributed by atoms with E-state index in [9.17, 15) is 0 Å². The van der Waals surface area contributed by atoms with Crippen molar-refractivity contribution in [2.45, 2.75) is 39.7 Å². The summed E-state index contributed by atoms with van der Waals surface area (Å²) in [5, 5.41) is 5.67. The number of fused-ring (bicyclic) bond motifs is 1. The Balaban J connectivity index is 2.30. The Bertz CT molecular complexity index is 591. The molecule has 0 spiro atoms. The highest BCUT2D eigenvalue weighted by molar-refractivity contribution is 6.31. The Morgan fingerprint density at radius 2 is 1.95 bits per heavy atom. The molecule has 0 fully saturated rings. The summed E-state index contributed by atoms with van der Waals surface area (Å²) in [5.41, 5.74) is 4.14. The highest BCUT2D eigenvalue weighted by Gasteiger charge is 2.13. The van der Waals surface area contributed by atoms with Crippen LogP contribution in [-0.2, 0) is 13.5 Å². The molecule has 0 bridgehead atoms. The molecule has 2 rings (SSSR count). The third-order valence-electron chi connectivity index (χ3n) is 3.62. The van der Waals surface area contributed by atoms with Gasteiger partial charge in [0.05, 0.1) is 0 Å². The summed E-state index contributed by atoms with van der Waals surface area (Å²) in [7, 11) is 2.11. The first-order valence-corrected chi connectivity index (χ1v) is 7.16. The molecule has 1 heterocycles. The Kier molecular flexibility index (Phi) is 3.93. The third kappa shape index (κ3) is 3.13. The van der Waals surface area contributed by atoms with Crippen molar-refractivity contribution in [3.63, 3.8) is 0 Å². The molecule has 2 aromatic rings. The van der Waals surface area contributed by atoms with Crippen LogP contribution in [0.4, 0.5) is 0 Å². The monoisotopic (exact) mass is 278 g/mol. The molecule has 0 saturated carbocycles. The predicted octanol–water partition coefficient (Wildman–Crippen LogP) is 4.07. The van der Waals surface area contributed by atoms with E-state index in [1.165, 1.54) is 22.2 Å². The summed E-state index contributed by atoms with van der Waals surface area (Å²) < 4.78 is 2.23. The maximum atomic E-state index is 6.09. The minimum absolute atomic E-state index is 0.168. The number of hydrogen-bond donors (Lipinski definition) is 1. The Morgan fingerprint density at radius 3 is 2.58 bits per heavy atom. The van der Waals surface area contributed by atoms with Crippen LogP contribution in [-0.4, -0.2) is 16.7 Å². The average molecular weight is 279 g/mol. The molecule has 0 atom stereocenters. The minimum Gasteiger partial charge on any atom is -0.348 e. The summed E-state index contributed by atoms with van der Waals surface area (Å²) in [6, 6.07) is 6.16. The van der Waals surface area contributed by atoms with Gasteiger partial charge < -0.3 is 9.88 Å². The first-order chi connectivity index (χ1) is 8.79. The zero-order valence-electron chi connectivity index (χ0n) is 12.5. The molecule has 1 aromatic carbocycles. The van der Waals surface area contributed by atoms with E-state index < -0.39 is 0 Å². The van der Waals surface area contributed by atoms with Crippen molar-refractivity contribution in [3.05, 3.63) is 34.5 Å². The third-order valence-corrected chi connectivity index (χ3v) is 3.85. The number of nitrogens with zero attached hydrogens (tertiary/aromatic N) is 1. The van der Waals surface area contributed by atoms with Crippen LogP contribution in [0.25, 0.3) is 10.9 Å². The lowest BCUT2D eigenvalue weighted by Gasteiger charge is -2.20. The van der Waals surface area contributed by atoms with Gasteiger partial charge in [0.15, 0.2) is 0 Å². The van der Waals surface area contributed by atoms with Gasteiger partial charge >= 0.3 is 0 Å². The summed E-state index contributed by atoms with van der Waals surface area (Å²) in [6.07, 6.45) is 1.04. The predicted molar refractivity (Wildman–Crippen MR) is 84.1 cm³/mol. The lowest BCUT2D eigenvalue weighted by Crippen LogP contribution is -2.37. The fourth-order valence-electron chi connectivity index (χ4n) is 2.49. The van der Waals surface area contributed by atoms with Crippen LogP contribution in [0.15, 0.2) is 18.2 Å². The lowest BCUT2D eigenvalue weighted by molar-refractivity contribution is 0.429. The molecule has 0 radical (unpaired) electrons. The minimum atomic E-state index is 0.168. The topological polar surface area (TPSA) is 17.0 Å². The summed E-state index contributed by atoms with van der Waals surface area (Å²) in [6.45, 7) is 9.76. The van der Waals surface area contributed by atoms with E-state index in [0.29, 0.717) is 0 Å². The number of rotatable bonds is 3. The zero-order chi connectivity index (χ0) is 14.2. The van der Waals surface area contributed by atoms with Crippen molar-refractivity contribution in [3.8, 4) is 0 Å². The number of aromatic nitrogens is 1. The second-order valence-corrected chi connectivity index (χ2v) is 6.65. The zero-order valence-corrected chi connectivity index (χ0v) is 13.2. The van der Waals surface area contributed by atoms with Crippen molar-refractivity contribution in [2.24, 2.45) is 7.05 Å². The molecule has 0 aliphatic rings. The van der Waals surface area contributed by atoms with Crippen LogP contribution >= 0.6 is 11.6 Å². The second-order valence-electron chi connectivity index (χ2n) is 6.21. The van der Waals surface area contributed by atoms with E-state index in [1.54, 1.807) is 0 Å². The van der Waals surface area contributed by atoms with Gasteiger partial charge in [0.2, 0.25) is 0 Å². The summed E-state index contributed by atoms with van der Waals surface area (Å²) >= 11 is 6.09. The fraction of sp³-hybridized carbons (Fsp3) is 0.500. The smallest absolute Gasteiger partial charge is 0.0497 e. The van der Waals surface area contributed by atoms with E-state index >= 15 is 0 Å². The van der Waals surface area contributed by atoms with E-state index in [2.05, 4.69) is 50.7 Å². The van der Waals surface area contributed by atoms with E-state index in [-0.39, 0.29) is 5.54 Å². The Morgan fingerprint density at radius 1 is 1.26 bits per heavy atom. The number of hydrogen-bond acceptors (Lipinski definition) is 1. The molecule has 1 aromatic heterocycles. The van der Waals surface area contributed by atoms with Gasteiger partial charge in [0, 0.05) is 34.2 Å². The summed E-state index contributed by atoms with van der Waals surface area (Å²) in [4.78, 5) is 0. The lowest BCUT2D eigenvalue weighted by atomic mass is 10.1. The van der Waals surface area contributed by atoms with Crippen LogP contribution in [0.5, 0.6) is 0 Å². The maximum absolute atomic E-state index is 6.09.